The van der Waals surface area contributed by atoms with Gasteiger partial charge in [0.25, 0.3) is 5.91 Å². The minimum absolute atomic E-state index is 0.000234. The number of anilines is 2. The summed E-state index contributed by atoms with van der Waals surface area (Å²) in [6, 6.07) is 6.53. The number of carbonyl (C=O) groups is 1. The van der Waals surface area contributed by atoms with Crippen LogP contribution in [0.25, 0.3) is 0 Å². The number of aliphatic hydroxyl groups excluding tert-OH is 1. The van der Waals surface area contributed by atoms with Crippen LogP contribution in [0.1, 0.15) is 62.5 Å². The molecule has 184 valence electrons. The standard InChI is InChI=1S/C25H34FN5O3/c1-16-15-30(22-9-4-17(14-20(22)26)25(2,3)34)12-13-31(16)24-27-11-10-21(29-24)23(33)28-18-5-7-19(32)8-6-18/h4,9-11,14,16,18-19,32,34H,5-8,12-13,15H2,1-3H3,(H,28,33). The zero-order valence-electron chi connectivity index (χ0n) is 20.0. The van der Waals surface area contributed by atoms with Crippen LogP contribution < -0.4 is 15.1 Å². The van der Waals surface area contributed by atoms with Gasteiger partial charge in [0.05, 0.1) is 17.4 Å². The second-order valence-corrected chi connectivity index (χ2v) is 9.93. The van der Waals surface area contributed by atoms with Crippen LogP contribution >= 0.6 is 0 Å². The third-order valence-corrected chi connectivity index (χ3v) is 6.79. The van der Waals surface area contributed by atoms with Gasteiger partial charge in [0.2, 0.25) is 5.95 Å². The van der Waals surface area contributed by atoms with Gasteiger partial charge in [-0.3, -0.25) is 4.79 Å². The summed E-state index contributed by atoms with van der Waals surface area (Å²) in [6.45, 7) is 7.03. The molecular weight excluding hydrogens is 437 g/mol. The first-order valence-electron chi connectivity index (χ1n) is 12.0. The van der Waals surface area contributed by atoms with Crippen molar-refractivity contribution in [3.05, 3.63) is 47.5 Å². The fourth-order valence-corrected chi connectivity index (χ4v) is 4.71. The highest BCUT2D eigenvalue weighted by Crippen LogP contribution is 2.28. The largest absolute Gasteiger partial charge is 0.393 e. The molecular formula is C25H34FN5O3. The number of aliphatic hydroxyl groups is 2. The quantitative estimate of drug-likeness (QED) is 0.616. The SMILES string of the molecule is CC1CN(c2ccc(C(C)(C)O)cc2F)CCN1c1nccc(C(=O)NC2CCC(O)CC2)n1. The monoisotopic (exact) mass is 471 g/mol. The maximum Gasteiger partial charge on any atom is 0.270 e. The Kier molecular flexibility index (Phi) is 7.04. The lowest BCUT2D eigenvalue weighted by atomic mass is 9.93. The zero-order valence-corrected chi connectivity index (χ0v) is 20.0. The van der Waals surface area contributed by atoms with Crippen molar-refractivity contribution in [3.8, 4) is 0 Å². The molecule has 4 rings (SSSR count). The molecule has 0 spiro atoms. The summed E-state index contributed by atoms with van der Waals surface area (Å²) < 4.78 is 14.8. The average molecular weight is 472 g/mol. The van der Waals surface area contributed by atoms with Crippen LogP contribution in [0.4, 0.5) is 16.0 Å². The maximum atomic E-state index is 14.8. The number of rotatable bonds is 5. The number of amides is 1. The number of nitrogens with zero attached hydrogens (tertiary/aromatic N) is 4. The van der Waals surface area contributed by atoms with Gasteiger partial charge < -0.3 is 25.3 Å². The second-order valence-electron chi connectivity index (χ2n) is 9.93. The summed E-state index contributed by atoms with van der Waals surface area (Å²) in [5.74, 6) is -0.104. The van der Waals surface area contributed by atoms with Crippen molar-refractivity contribution in [2.75, 3.05) is 29.4 Å². The maximum absolute atomic E-state index is 14.8. The van der Waals surface area contributed by atoms with E-state index in [0.717, 1.165) is 12.8 Å². The number of benzene rings is 1. The van der Waals surface area contributed by atoms with Gasteiger partial charge in [-0.25, -0.2) is 14.4 Å². The van der Waals surface area contributed by atoms with E-state index < -0.39 is 5.60 Å². The number of nitrogens with one attached hydrogen (secondary N) is 1. The van der Waals surface area contributed by atoms with Gasteiger partial charge in [-0.05, 0) is 70.2 Å². The summed E-state index contributed by atoms with van der Waals surface area (Å²) in [5, 5.41) is 22.8. The van der Waals surface area contributed by atoms with Gasteiger partial charge in [-0.1, -0.05) is 6.07 Å². The second kappa shape index (κ2) is 9.84. The molecule has 34 heavy (non-hydrogen) atoms. The molecule has 3 N–H and O–H groups in total. The molecule has 1 aromatic heterocycles. The summed E-state index contributed by atoms with van der Waals surface area (Å²) in [5.41, 5.74) is 0.261. The number of carbonyl (C=O) groups excluding carboxylic acids is 1. The third-order valence-electron chi connectivity index (χ3n) is 6.79. The first kappa shape index (κ1) is 24.3. The van der Waals surface area contributed by atoms with Crippen molar-refractivity contribution in [2.45, 2.75) is 70.2 Å². The summed E-state index contributed by atoms with van der Waals surface area (Å²) in [7, 11) is 0. The molecule has 9 heteroatoms. The highest BCUT2D eigenvalue weighted by molar-refractivity contribution is 5.92. The molecule has 1 unspecified atom stereocenters. The van der Waals surface area contributed by atoms with Gasteiger partial charge in [-0.15, -0.1) is 0 Å². The molecule has 2 aromatic rings. The highest BCUT2D eigenvalue weighted by Gasteiger charge is 2.29. The Bertz CT molecular complexity index is 1020. The van der Waals surface area contributed by atoms with E-state index in [1.165, 1.54) is 6.07 Å². The van der Waals surface area contributed by atoms with E-state index in [2.05, 4.69) is 15.3 Å². The lowest BCUT2D eigenvalue weighted by Gasteiger charge is -2.41. The van der Waals surface area contributed by atoms with Crippen molar-refractivity contribution >= 4 is 17.5 Å². The first-order valence-corrected chi connectivity index (χ1v) is 12.0. The third kappa shape index (κ3) is 5.47. The van der Waals surface area contributed by atoms with Crippen LogP contribution in [0, 0.1) is 5.82 Å². The number of piperazine rings is 1. The summed E-state index contributed by atoms with van der Waals surface area (Å²) in [6.07, 6.45) is 4.24. The van der Waals surface area contributed by atoms with E-state index in [9.17, 15) is 19.4 Å². The predicted octanol–water partition coefficient (Wildman–Crippen LogP) is 2.59. The fraction of sp³-hybridized carbons (Fsp3) is 0.560. The van der Waals surface area contributed by atoms with Crippen LogP contribution in [0.15, 0.2) is 30.5 Å². The van der Waals surface area contributed by atoms with Gasteiger partial charge >= 0.3 is 0 Å². The molecule has 1 saturated carbocycles. The van der Waals surface area contributed by atoms with Crippen molar-refractivity contribution < 1.29 is 19.4 Å². The lowest BCUT2D eigenvalue weighted by Crippen LogP contribution is -2.53. The highest BCUT2D eigenvalue weighted by atomic mass is 19.1. The van der Waals surface area contributed by atoms with Crippen LogP contribution in [-0.2, 0) is 5.60 Å². The normalized spacial score (nSPS) is 23.6. The van der Waals surface area contributed by atoms with E-state index in [-0.39, 0.29) is 29.9 Å². The summed E-state index contributed by atoms with van der Waals surface area (Å²) in [4.78, 5) is 25.7. The minimum atomic E-state index is -1.10. The predicted molar refractivity (Wildman–Crippen MR) is 128 cm³/mol. The van der Waals surface area contributed by atoms with Crippen molar-refractivity contribution in [2.24, 2.45) is 0 Å². The fourth-order valence-electron chi connectivity index (χ4n) is 4.71. The van der Waals surface area contributed by atoms with E-state index in [4.69, 9.17) is 0 Å². The Morgan fingerprint density at radius 1 is 1.18 bits per heavy atom. The van der Waals surface area contributed by atoms with Crippen molar-refractivity contribution in [3.63, 3.8) is 0 Å². The molecule has 0 bridgehead atoms. The minimum Gasteiger partial charge on any atom is -0.393 e. The van der Waals surface area contributed by atoms with Crippen LogP contribution in [0.5, 0.6) is 0 Å². The first-order chi connectivity index (χ1) is 16.1. The van der Waals surface area contributed by atoms with Gasteiger partial charge in [0.1, 0.15) is 11.5 Å². The molecule has 1 amide bonds. The van der Waals surface area contributed by atoms with Crippen LogP contribution in [0.2, 0.25) is 0 Å². The number of halogens is 1. The Morgan fingerprint density at radius 2 is 1.91 bits per heavy atom. The number of hydrogen-bond acceptors (Lipinski definition) is 7. The number of aromatic nitrogens is 2. The molecule has 2 heterocycles. The molecule has 2 fully saturated rings. The van der Waals surface area contributed by atoms with Gasteiger partial charge in [0, 0.05) is 37.9 Å². The van der Waals surface area contributed by atoms with Crippen LogP contribution in [-0.4, -0.2) is 63.9 Å². The molecule has 8 nitrogen and oxygen atoms in total. The molecule has 1 saturated heterocycles. The van der Waals surface area contributed by atoms with Crippen molar-refractivity contribution in [1.82, 2.24) is 15.3 Å². The Morgan fingerprint density at radius 3 is 2.56 bits per heavy atom. The average Bonchev–Trinajstić information content (AvgIpc) is 2.80. The van der Waals surface area contributed by atoms with E-state index >= 15 is 0 Å². The zero-order chi connectivity index (χ0) is 24.5. The van der Waals surface area contributed by atoms with Crippen LogP contribution in [0.3, 0.4) is 0 Å². The van der Waals surface area contributed by atoms with E-state index in [0.29, 0.717) is 55.4 Å². The summed E-state index contributed by atoms with van der Waals surface area (Å²) >= 11 is 0. The lowest BCUT2D eigenvalue weighted by molar-refractivity contribution is 0.0782. The van der Waals surface area contributed by atoms with E-state index in [1.54, 1.807) is 38.2 Å². The van der Waals surface area contributed by atoms with Gasteiger partial charge in [-0.2, -0.15) is 0 Å². The van der Waals surface area contributed by atoms with E-state index in [1.807, 2.05) is 16.7 Å². The van der Waals surface area contributed by atoms with Crippen molar-refractivity contribution in [1.29, 1.82) is 0 Å². The Balaban J connectivity index is 1.41. The molecule has 0 radical (unpaired) electrons. The molecule has 2 aliphatic rings. The topological polar surface area (TPSA) is 102 Å². The molecule has 1 atom stereocenters. The number of hydrogen-bond donors (Lipinski definition) is 3. The smallest absolute Gasteiger partial charge is 0.270 e. The Hall–Kier alpha value is -2.78. The molecule has 1 aliphatic carbocycles. The Labute approximate surface area is 199 Å². The molecule has 1 aromatic carbocycles. The van der Waals surface area contributed by atoms with Gasteiger partial charge in [0.15, 0.2) is 0 Å². The molecule has 1 aliphatic heterocycles.